The van der Waals surface area contributed by atoms with E-state index >= 15 is 0 Å². The van der Waals surface area contributed by atoms with Gasteiger partial charge in [-0.15, -0.1) is 0 Å². The number of para-hydroxylation sites is 2. The first kappa shape index (κ1) is 22.9. The molecule has 178 valence electrons. The van der Waals surface area contributed by atoms with Crippen molar-refractivity contribution in [3.8, 4) is 5.75 Å². The minimum Gasteiger partial charge on any atom is -0.485 e. The Morgan fingerprint density at radius 1 is 1.03 bits per heavy atom. The third-order valence-corrected chi connectivity index (χ3v) is 6.70. The van der Waals surface area contributed by atoms with Crippen LogP contribution < -0.4 is 15.0 Å². The molecule has 0 bridgehead atoms. The Bertz CT molecular complexity index is 1360. The molecule has 5 rings (SSSR count). The topological polar surface area (TPSA) is 50.8 Å². The molecular weight excluding hydrogens is 436 g/mol. The normalized spacial score (nSPS) is 15.9. The molecule has 0 fully saturated rings. The fraction of sp³-hybridized carbons (Fsp3) is 0.233. The number of carbonyl (C=O) groups excluding carboxylic acids is 1. The summed E-state index contributed by atoms with van der Waals surface area (Å²) >= 11 is 0. The lowest BCUT2D eigenvalue weighted by Crippen LogP contribution is -2.44. The maximum atomic E-state index is 12.2. The second-order valence-electron chi connectivity index (χ2n) is 9.01. The molecule has 0 aliphatic carbocycles. The molecule has 1 N–H and O–H groups in total. The zero-order valence-electron chi connectivity index (χ0n) is 20.3. The summed E-state index contributed by atoms with van der Waals surface area (Å²) < 4.78 is 11.4. The van der Waals surface area contributed by atoms with Crippen molar-refractivity contribution in [3.05, 3.63) is 102 Å². The lowest BCUT2D eigenvalue weighted by atomic mass is 9.99. The van der Waals surface area contributed by atoms with Gasteiger partial charge in [-0.05, 0) is 60.0 Å². The van der Waals surface area contributed by atoms with E-state index in [1.807, 2.05) is 36.4 Å². The molecule has 0 saturated carbocycles. The van der Waals surface area contributed by atoms with Gasteiger partial charge in [-0.3, -0.25) is 0 Å². The highest BCUT2D eigenvalue weighted by Crippen LogP contribution is 2.39. The summed E-state index contributed by atoms with van der Waals surface area (Å²) in [6, 6.07) is 28.8. The Balaban J connectivity index is 1.40. The molecule has 35 heavy (non-hydrogen) atoms. The van der Waals surface area contributed by atoms with Crippen LogP contribution in [0.4, 0.5) is 11.4 Å². The number of anilines is 2. The predicted molar refractivity (Wildman–Crippen MR) is 141 cm³/mol. The molecule has 0 saturated heterocycles. The van der Waals surface area contributed by atoms with Gasteiger partial charge >= 0.3 is 5.97 Å². The van der Waals surface area contributed by atoms with Gasteiger partial charge < -0.3 is 19.7 Å². The Labute approximate surface area is 206 Å². The van der Waals surface area contributed by atoms with Crippen LogP contribution in [0.2, 0.25) is 0 Å². The molecule has 2 unspecified atom stereocenters. The third-order valence-electron chi connectivity index (χ3n) is 6.70. The lowest BCUT2D eigenvalue weighted by Gasteiger charge is -2.37. The van der Waals surface area contributed by atoms with Gasteiger partial charge in [-0.2, -0.15) is 0 Å². The highest BCUT2D eigenvalue weighted by Gasteiger charge is 2.28. The van der Waals surface area contributed by atoms with E-state index in [4.69, 9.17) is 9.47 Å². The van der Waals surface area contributed by atoms with Crippen molar-refractivity contribution in [1.82, 2.24) is 5.32 Å². The number of methoxy groups -OCH3 is 1. The molecule has 0 amide bonds. The average molecular weight is 467 g/mol. The van der Waals surface area contributed by atoms with E-state index in [9.17, 15) is 4.79 Å². The smallest absolute Gasteiger partial charge is 0.337 e. The van der Waals surface area contributed by atoms with Crippen LogP contribution in [0.5, 0.6) is 5.75 Å². The summed E-state index contributed by atoms with van der Waals surface area (Å²) in [5, 5.41) is 6.20. The lowest BCUT2D eigenvalue weighted by molar-refractivity contribution is 0.0601. The number of esters is 1. The summed E-state index contributed by atoms with van der Waals surface area (Å²) in [6.07, 6.45) is -0.0662. The minimum absolute atomic E-state index is 0.0662. The average Bonchev–Trinajstić information content (AvgIpc) is 2.90. The zero-order valence-corrected chi connectivity index (χ0v) is 20.3. The van der Waals surface area contributed by atoms with E-state index in [1.165, 1.54) is 23.4 Å². The molecule has 0 spiro atoms. The molecule has 5 heteroatoms. The van der Waals surface area contributed by atoms with E-state index in [2.05, 4.69) is 72.6 Å². The van der Waals surface area contributed by atoms with E-state index in [0.717, 1.165) is 22.7 Å². The number of nitrogens with one attached hydrogen (secondary N) is 1. The van der Waals surface area contributed by atoms with Gasteiger partial charge in [0.15, 0.2) is 0 Å². The second kappa shape index (κ2) is 9.80. The molecule has 1 aliphatic rings. The maximum absolute atomic E-state index is 12.2. The van der Waals surface area contributed by atoms with Gasteiger partial charge in [-0.25, -0.2) is 4.79 Å². The maximum Gasteiger partial charge on any atom is 0.337 e. The number of nitrogens with zero attached hydrogens (tertiary/aromatic N) is 1. The van der Waals surface area contributed by atoms with E-state index in [0.29, 0.717) is 18.7 Å². The van der Waals surface area contributed by atoms with E-state index < -0.39 is 0 Å². The molecule has 5 nitrogen and oxygen atoms in total. The molecule has 0 radical (unpaired) electrons. The first-order valence-electron chi connectivity index (χ1n) is 12.0. The number of carbonyl (C=O) groups is 1. The summed E-state index contributed by atoms with van der Waals surface area (Å²) in [5.41, 5.74) is 4.88. The number of rotatable bonds is 6. The molecule has 1 aliphatic heterocycles. The van der Waals surface area contributed by atoms with Crippen LogP contribution in [-0.2, 0) is 4.74 Å². The number of aryl methyl sites for hydroxylation is 1. The SMILES string of the molecule is COC(=O)c1ccc(C)c(N2CC(CNC(C)c3cccc4ccccc34)Oc3ccccc32)c1. The molecule has 4 aromatic rings. The number of ether oxygens (including phenoxy) is 2. The van der Waals surface area contributed by atoms with Crippen LogP contribution in [0, 0.1) is 6.92 Å². The molecular formula is C30H30N2O3. The predicted octanol–water partition coefficient (Wildman–Crippen LogP) is 6.18. The number of hydrogen-bond donors (Lipinski definition) is 1. The van der Waals surface area contributed by atoms with Crippen molar-refractivity contribution in [2.75, 3.05) is 25.1 Å². The van der Waals surface area contributed by atoms with Crippen molar-refractivity contribution < 1.29 is 14.3 Å². The first-order chi connectivity index (χ1) is 17.0. The quantitative estimate of drug-likeness (QED) is 0.344. The summed E-state index contributed by atoms with van der Waals surface area (Å²) in [7, 11) is 1.41. The Kier molecular flexibility index (Phi) is 6.43. The summed E-state index contributed by atoms with van der Waals surface area (Å²) in [6.45, 7) is 5.60. The van der Waals surface area contributed by atoms with Crippen LogP contribution in [-0.4, -0.2) is 32.3 Å². The number of hydrogen-bond acceptors (Lipinski definition) is 5. The minimum atomic E-state index is -0.338. The monoisotopic (exact) mass is 466 g/mol. The summed E-state index contributed by atoms with van der Waals surface area (Å²) in [4.78, 5) is 14.4. The van der Waals surface area contributed by atoms with Crippen LogP contribution in [0.25, 0.3) is 10.8 Å². The number of fused-ring (bicyclic) bond motifs is 2. The van der Waals surface area contributed by atoms with Crippen LogP contribution in [0.15, 0.2) is 84.9 Å². The van der Waals surface area contributed by atoms with Crippen molar-refractivity contribution in [2.45, 2.75) is 26.0 Å². The zero-order chi connectivity index (χ0) is 24.4. The fourth-order valence-corrected chi connectivity index (χ4v) is 4.82. The fourth-order valence-electron chi connectivity index (χ4n) is 4.82. The van der Waals surface area contributed by atoms with Crippen molar-refractivity contribution >= 4 is 28.1 Å². The second-order valence-corrected chi connectivity index (χ2v) is 9.01. The molecule has 4 aromatic carbocycles. The Hall–Kier alpha value is -3.83. The van der Waals surface area contributed by atoms with Crippen molar-refractivity contribution in [2.24, 2.45) is 0 Å². The van der Waals surface area contributed by atoms with E-state index in [-0.39, 0.29) is 18.1 Å². The largest absolute Gasteiger partial charge is 0.485 e. The number of benzene rings is 4. The molecule has 0 aromatic heterocycles. The highest BCUT2D eigenvalue weighted by molar-refractivity contribution is 5.91. The van der Waals surface area contributed by atoms with Gasteiger partial charge in [-0.1, -0.05) is 60.7 Å². The third kappa shape index (κ3) is 4.60. The van der Waals surface area contributed by atoms with Crippen molar-refractivity contribution in [3.63, 3.8) is 0 Å². The van der Waals surface area contributed by atoms with Crippen LogP contribution in [0.3, 0.4) is 0 Å². The van der Waals surface area contributed by atoms with Crippen LogP contribution >= 0.6 is 0 Å². The van der Waals surface area contributed by atoms with E-state index in [1.54, 1.807) is 0 Å². The van der Waals surface area contributed by atoms with Gasteiger partial charge in [0.05, 0.1) is 24.9 Å². The Morgan fingerprint density at radius 3 is 2.66 bits per heavy atom. The van der Waals surface area contributed by atoms with Gasteiger partial charge in [0, 0.05) is 18.3 Å². The molecule has 2 atom stereocenters. The van der Waals surface area contributed by atoms with Gasteiger partial charge in [0.25, 0.3) is 0 Å². The van der Waals surface area contributed by atoms with Gasteiger partial charge in [0.2, 0.25) is 0 Å². The van der Waals surface area contributed by atoms with Crippen molar-refractivity contribution in [1.29, 1.82) is 0 Å². The van der Waals surface area contributed by atoms with Crippen LogP contribution in [0.1, 0.15) is 34.5 Å². The van der Waals surface area contributed by atoms with Gasteiger partial charge in [0.1, 0.15) is 11.9 Å². The Morgan fingerprint density at radius 2 is 1.80 bits per heavy atom. The highest BCUT2D eigenvalue weighted by atomic mass is 16.5. The standard InChI is InChI=1S/C30H30N2O3/c1-20-15-16-23(30(33)34-3)17-28(20)32-19-24(35-29-14-7-6-13-27(29)32)18-31-21(2)25-12-8-10-22-9-4-5-11-26(22)25/h4-17,21,24,31H,18-19H2,1-3H3. The molecule has 1 heterocycles. The summed E-state index contributed by atoms with van der Waals surface area (Å²) in [5.74, 6) is 0.501. The first-order valence-corrected chi connectivity index (χ1v) is 12.0.